The Morgan fingerprint density at radius 1 is 1.21 bits per heavy atom. The summed E-state index contributed by atoms with van der Waals surface area (Å²) in [7, 11) is 0. The number of amides is 1. The fourth-order valence-corrected chi connectivity index (χ4v) is 1.07. The van der Waals surface area contributed by atoms with Gasteiger partial charge in [-0.2, -0.15) is 0 Å². The molecule has 0 aromatic carbocycles. The lowest BCUT2D eigenvalue weighted by atomic mass is 10.2. The number of carbonyl (C=O) groups excluding carboxylic acids is 2. The van der Waals surface area contributed by atoms with E-state index in [1.165, 1.54) is 6.92 Å². The van der Waals surface area contributed by atoms with Gasteiger partial charge in [0.05, 0.1) is 6.61 Å². The summed E-state index contributed by atoms with van der Waals surface area (Å²) in [5, 5.41) is 2.70. The van der Waals surface area contributed by atoms with Crippen LogP contribution in [0, 0.1) is 0 Å². The van der Waals surface area contributed by atoms with Gasteiger partial charge in [0, 0.05) is 19.9 Å². The van der Waals surface area contributed by atoms with Gasteiger partial charge >= 0.3 is 5.97 Å². The summed E-state index contributed by atoms with van der Waals surface area (Å²) in [6.45, 7) is 4.44. The number of rotatable bonds is 7. The van der Waals surface area contributed by atoms with Crippen LogP contribution in [0.5, 0.6) is 0 Å². The second-order valence-corrected chi connectivity index (χ2v) is 3.10. The molecule has 0 saturated carbocycles. The molecule has 1 amide bonds. The molecule has 14 heavy (non-hydrogen) atoms. The van der Waals surface area contributed by atoms with Crippen molar-refractivity contribution in [1.82, 2.24) is 5.32 Å². The predicted octanol–water partition coefficient (Wildman–Crippen LogP) is 1.25. The van der Waals surface area contributed by atoms with Crippen LogP contribution in [0.15, 0.2) is 0 Å². The summed E-state index contributed by atoms with van der Waals surface area (Å²) in [6, 6.07) is 0. The van der Waals surface area contributed by atoms with Crippen molar-refractivity contribution < 1.29 is 14.3 Å². The maximum Gasteiger partial charge on any atom is 0.305 e. The van der Waals surface area contributed by atoms with Gasteiger partial charge in [-0.3, -0.25) is 9.59 Å². The quantitative estimate of drug-likeness (QED) is 0.498. The Labute approximate surface area is 85.0 Å². The van der Waals surface area contributed by atoms with E-state index >= 15 is 0 Å². The molecule has 82 valence electrons. The molecule has 4 heteroatoms. The van der Waals surface area contributed by atoms with Gasteiger partial charge in [0.1, 0.15) is 0 Å². The minimum absolute atomic E-state index is 0.00427. The number of nitrogens with one attached hydrogen (secondary N) is 1. The maximum atomic E-state index is 10.9. The molecule has 0 aliphatic heterocycles. The van der Waals surface area contributed by atoms with Crippen molar-refractivity contribution in [2.24, 2.45) is 0 Å². The van der Waals surface area contributed by atoms with E-state index < -0.39 is 0 Å². The Bertz CT molecular complexity index is 180. The molecule has 0 fully saturated rings. The summed E-state index contributed by atoms with van der Waals surface area (Å²) < 4.78 is 4.78. The van der Waals surface area contributed by atoms with Crippen LogP contribution in [0.4, 0.5) is 0 Å². The average molecular weight is 201 g/mol. The van der Waals surface area contributed by atoms with Crippen molar-refractivity contribution in [3.8, 4) is 0 Å². The van der Waals surface area contributed by atoms with Gasteiger partial charge in [-0.15, -0.1) is 0 Å². The van der Waals surface area contributed by atoms with Crippen molar-refractivity contribution in [2.45, 2.75) is 39.5 Å². The van der Waals surface area contributed by atoms with E-state index in [1.54, 1.807) is 6.92 Å². The van der Waals surface area contributed by atoms with Crippen LogP contribution < -0.4 is 5.32 Å². The standard InChI is InChI=1S/C10H19NO3/c1-3-14-10(13)7-5-4-6-8-11-9(2)12/h3-8H2,1-2H3,(H,11,12). The first-order chi connectivity index (χ1) is 6.66. The van der Waals surface area contributed by atoms with Crippen molar-refractivity contribution in [3.63, 3.8) is 0 Å². The second-order valence-electron chi connectivity index (χ2n) is 3.10. The molecule has 0 heterocycles. The largest absolute Gasteiger partial charge is 0.466 e. The summed E-state index contributed by atoms with van der Waals surface area (Å²) in [5.41, 5.74) is 0. The number of hydrogen-bond donors (Lipinski definition) is 1. The monoisotopic (exact) mass is 201 g/mol. The Hall–Kier alpha value is -1.06. The molecule has 0 aromatic heterocycles. The van der Waals surface area contributed by atoms with Crippen LogP contribution in [0.1, 0.15) is 39.5 Å². The first-order valence-corrected chi connectivity index (χ1v) is 5.07. The van der Waals surface area contributed by atoms with Crippen LogP contribution in [0.2, 0.25) is 0 Å². The van der Waals surface area contributed by atoms with Gasteiger partial charge in [-0.1, -0.05) is 6.42 Å². The van der Waals surface area contributed by atoms with Gasteiger partial charge in [-0.25, -0.2) is 0 Å². The smallest absolute Gasteiger partial charge is 0.305 e. The average Bonchev–Trinajstić information content (AvgIpc) is 2.11. The van der Waals surface area contributed by atoms with Crippen LogP contribution in [-0.2, 0) is 14.3 Å². The minimum atomic E-state index is -0.132. The van der Waals surface area contributed by atoms with E-state index in [1.807, 2.05) is 0 Å². The molecule has 0 unspecified atom stereocenters. The number of hydrogen-bond acceptors (Lipinski definition) is 3. The SMILES string of the molecule is CCOC(=O)CCCCCNC(C)=O. The minimum Gasteiger partial charge on any atom is -0.466 e. The summed E-state index contributed by atoms with van der Waals surface area (Å²) >= 11 is 0. The molecule has 1 N–H and O–H groups in total. The second kappa shape index (κ2) is 8.53. The van der Waals surface area contributed by atoms with Gasteiger partial charge in [0.25, 0.3) is 0 Å². The van der Waals surface area contributed by atoms with Crippen LogP contribution >= 0.6 is 0 Å². The first kappa shape index (κ1) is 12.9. The molecule has 0 aliphatic carbocycles. The molecule has 0 atom stereocenters. The number of unbranched alkanes of at least 4 members (excludes halogenated alkanes) is 2. The summed E-state index contributed by atoms with van der Waals surface area (Å²) in [5.74, 6) is -0.137. The highest BCUT2D eigenvalue weighted by Gasteiger charge is 2.00. The third-order valence-corrected chi connectivity index (χ3v) is 1.74. The Morgan fingerprint density at radius 2 is 1.93 bits per heavy atom. The fourth-order valence-electron chi connectivity index (χ4n) is 1.07. The Balaban J connectivity index is 3.13. The molecule has 0 spiro atoms. The molecule has 0 bridgehead atoms. The lowest BCUT2D eigenvalue weighted by Crippen LogP contribution is -2.20. The van der Waals surface area contributed by atoms with Crippen molar-refractivity contribution in [1.29, 1.82) is 0 Å². The highest BCUT2D eigenvalue weighted by atomic mass is 16.5. The molecule has 0 aromatic rings. The Kier molecular flexibility index (Phi) is 7.89. The molecule has 0 radical (unpaired) electrons. The van der Waals surface area contributed by atoms with Gasteiger partial charge in [-0.05, 0) is 19.8 Å². The number of esters is 1. The van der Waals surface area contributed by atoms with E-state index in [0.717, 1.165) is 19.3 Å². The van der Waals surface area contributed by atoms with Crippen molar-refractivity contribution >= 4 is 11.9 Å². The van der Waals surface area contributed by atoms with Gasteiger partial charge < -0.3 is 10.1 Å². The normalized spacial score (nSPS) is 9.57. The predicted molar refractivity (Wildman–Crippen MR) is 53.8 cm³/mol. The summed E-state index contributed by atoms with van der Waals surface area (Å²) in [6.07, 6.45) is 3.17. The number of carbonyl (C=O) groups is 2. The molecule has 0 saturated heterocycles. The molecular weight excluding hydrogens is 182 g/mol. The number of ether oxygens (including phenoxy) is 1. The fraction of sp³-hybridized carbons (Fsp3) is 0.800. The topological polar surface area (TPSA) is 55.4 Å². The van der Waals surface area contributed by atoms with Crippen molar-refractivity contribution in [3.05, 3.63) is 0 Å². The van der Waals surface area contributed by atoms with Gasteiger partial charge in [0.2, 0.25) is 5.91 Å². The van der Waals surface area contributed by atoms with E-state index in [-0.39, 0.29) is 11.9 Å². The zero-order valence-electron chi connectivity index (χ0n) is 8.97. The molecular formula is C10H19NO3. The van der Waals surface area contributed by atoms with E-state index in [0.29, 0.717) is 19.6 Å². The van der Waals surface area contributed by atoms with Crippen LogP contribution in [0.3, 0.4) is 0 Å². The maximum absolute atomic E-state index is 10.9. The lowest BCUT2D eigenvalue weighted by Gasteiger charge is -2.02. The van der Waals surface area contributed by atoms with Crippen LogP contribution in [-0.4, -0.2) is 25.0 Å². The molecule has 0 rings (SSSR count). The first-order valence-electron chi connectivity index (χ1n) is 5.07. The highest BCUT2D eigenvalue weighted by Crippen LogP contribution is 2.00. The van der Waals surface area contributed by atoms with E-state index in [2.05, 4.69) is 5.32 Å². The third-order valence-electron chi connectivity index (χ3n) is 1.74. The van der Waals surface area contributed by atoms with E-state index in [4.69, 9.17) is 4.74 Å². The molecule has 0 aliphatic rings. The zero-order chi connectivity index (χ0) is 10.8. The highest BCUT2D eigenvalue weighted by molar-refractivity contribution is 5.72. The summed E-state index contributed by atoms with van der Waals surface area (Å²) in [4.78, 5) is 21.4. The van der Waals surface area contributed by atoms with E-state index in [9.17, 15) is 9.59 Å². The Morgan fingerprint density at radius 3 is 2.50 bits per heavy atom. The molecule has 4 nitrogen and oxygen atoms in total. The third kappa shape index (κ3) is 9.03. The van der Waals surface area contributed by atoms with Crippen molar-refractivity contribution in [2.75, 3.05) is 13.2 Å². The lowest BCUT2D eigenvalue weighted by molar-refractivity contribution is -0.143. The van der Waals surface area contributed by atoms with Crippen LogP contribution in [0.25, 0.3) is 0 Å². The zero-order valence-corrected chi connectivity index (χ0v) is 8.97. The van der Waals surface area contributed by atoms with Gasteiger partial charge in [0.15, 0.2) is 0 Å².